The minimum atomic E-state index is 0.431. The fourth-order valence-electron chi connectivity index (χ4n) is 2.11. The second kappa shape index (κ2) is 6.02. The van der Waals surface area contributed by atoms with Crippen molar-refractivity contribution < 1.29 is 0 Å². The van der Waals surface area contributed by atoms with Crippen LogP contribution in [0.15, 0.2) is 24.5 Å². The van der Waals surface area contributed by atoms with Crippen LogP contribution in [0.25, 0.3) is 11.1 Å². The van der Waals surface area contributed by atoms with E-state index in [4.69, 9.17) is 5.73 Å². The highest BCUT2D eigenvalue weighted by Gasteiger charge is 2.18. The summed E-state index contributed by atoms with van der Waals surface area (Å²) in [6.45, 7) is 6.63. The molecule has 2 rings (SSSR count). The van der Waals surface area contributed by atoms with Gasteiger partial charge in [-0.25, -0.2) is 0 Å². The van der Waals surface area contributed by atoms with E-state index in [-0.39, 0.29) is 0 Å². The van der Waals surface area contributed by atoms with Gasteiger partial charge in [0.15, 0.2) is 0 Å². The maximum absolute atomic E-state index is 6.01. The van der Waals surface area contributed by atoms with Crippen molar-refractivity contribution in [3.8, 4) is 11.1 Å². The Morgan fingerprint density at radius 1 is 1.32 bits per heavy atom. The first kappa shape index (κ1) is 13.8. The molecule has 2 aromatic rings. The largest absolute Gasteiger partial charge is 0.382 e. The number of pyridine rings is 1. The van der Waals surface area contributed by atoms with Gasteiger partial charge < -0.3 is 11.1 Å². The Morgan fingerprint density at radius 3 is 2.58 bits per heavy atom. The van der Waals surface area contributed by atoms with E-state index in [2.05, 4.69) is 35.4 Å². The van der Waals surface area contributed by atoms with Crippen molar-refractivity contribution in [1.82, 2.24) is 9.36 Å². The van der Waals surface area contributed by atoms with Gasteiger partial charge in [-0.3, -0.25) is 4.98 Å². The Morgan fingerprint density at radius 2 is 2.00 bits per heavy atom. The average Bonchev–Trinajstić information content (AvgIpc) is 2.77. The number of rotatable bonds is 5. The zero-order valence-corrected chi connectivity index (χ0v) is 12.4. The highest BCUT2D eigenvalue weighted by atomic mass is 32.1. The first-order chi connectivity index (χ1) is 9.13. The maximum atomic E-state index is 6.01. The second-order valence-corrected chi connectivity index (χ2v) is 5.68. The van der Waals surface area contributed by atoms with Gasteiger partial charge in [-0.1, -0.05) is 20.8 Å². The van der Waals surface area contributed by atoms with E-state index >= 15 is 0 Å². The number of anilines is 2. The molecule has 1 unspecified atom stereocenters. The summed E-state index contributed by atoms with van der Waals surface area (Å²) in [6, 6.07) is 4.35. The van der Waals surface area contributed by atoms with Crippen LogP contribution in [-0.2, 0) is 0 Å². The summed E-state index contributed by atoms with van der Waals surface area (Å²) in [5, 5.41) is 4.62. The van der Waals surface area contributed by atoms with Gasteiger partial charge in [0.1, 0.15) is 10.8 Å². The van der Waals surface area contributed by atoms with Gasteiger partial charge in [-0.15, -0.1) is 0 Å². The number of nitrogen functional groups attached to an aromatic ring is 1. The molecule has 3 N–H and O–H groups in total. The lowest BCUT2D eigenvalue weighted by molar-refractivity contribution is 0.512. The molecule has 0 saturated carbocycles. The second-order valence-electron chi connectivity index (χ2n) is 4.91. The maximum Gasteiger partial charge on any atom is 0.147 e. The minimum absolute atomic E-state index is 0.431. The van der Waals surface area contributed by atoms with Crippen LogP contribution >= 0.6 is 11.5 Å². The molecule has 2 heterocycles. The van der Waals surface area contributed by atoms with Crippen molar-refractivity contribution in [3.63, 3.8) is 0 Å². The van der Waals surface area contributed by atoms with Crippen LogP contribution in [0.2, 0.25) is 0 Å². The monoisotopic (exact) mass is 276 g/mol. The molecule has 5 heteroatoms. The summed E-state index contributed by atoms with van der Waals surface area (Å²) < 4.78 is 4.28. The summed E-state index contributed by atoms with van der Waals surface area (Å²) in [7, 11) is 0. The smallest absolute Gasteiger partial charge is 0.147 e. The van der Waals surface area contributed by atoms with Gasteiger partial charge >= 0.3 is 0 Å². The van der Waals surface area contributed by atoms with Crippen LogP contribution in [0.1, 0.15) is 27.2 Å². The third kappa shape index (κ3) is 3.04. The molecule has 0 aliphatic carbocycles. The Bertz CT molecular complexity index is 521. The fraction of sp³-hybridized carbons (Fsp3) is 0.429. The average molecular weight is 276 g/mol. The van der Waals surface area contributed by atoms with E-state index in [1.54, 1.807) is 12.4 Å². The topological polar surface area (TPSA) is 63.8 Å². The van der Waals surface area contributed by atoms with Crippen LogP contribution in [0.4, 0.5) is 10.8 Å². The lowest BCUT2D eigenvalue weighted by Gasteiger charge is -2.21. The first-order valence-corrected chi connectivity index (χ1v) is 7.32. The van der Waals surface area contributed by atoms with Crippen molar-refractivity contribution in [2.45, 2.75) is 33.2 Å². The molecule has 0 aliphatic heterocycles. The predicted octanol–water partition coefficient (Wildman–Crippen LogP) is 3.63. The fourth-order valence-corrected chi connectivity index (χ4v) is 2.91. The Hall–Kier alpha value is -1.62. The summed E-state index contributed by atoms with van der Waals surface area (Å²) in [5.41, 5.74) is 8.06. The molecule has 0 amide bonds. The van der Waals surface area contributed by atoms with Gasteiger partial charge in [0.25, 0.3) is 0 Å². The molecule has 0 spiro atoms. The zero-order valence-electron chi connectivity index (χ0n) is 11.6. The lowest BCUT2D eigenvalue weighted by atomic mass is 10.0. The van der Waals surface area contributed by atoms with Crippen LogP contribution in [-0.4, -0.2) is 15.4 Å². The molecule has 2 aromatic heterocycles. The van der Waals surface area contributed by atoms with E-state index in [1.165, 1.54) is 11.5 Å². The van der Waals surface area contributed by atoms with Crippen molar-refractivity contribution in [2.75, 3.05) is 11.1 Å². The molecule has 4 nitrogen and oxygen atoms in total. The van der Waals surface area contributed by atoms with E-state index < -0.39 is 0 Å². The molecule has 0 radical (unpaired) electrons. The molecule has 0 aliphatic rings. The quantitative estimate of drug-likeness (QED) is 0.875. The number of nitrogens with one attached hydrogen (secondary N) is 1. The van der Waals surface area contributed by atoms with E-state index in [9.17, 15) is 0 Å². The van der Waals surface area contributed by atoms with Gasteiger partial charge in [-0.05, 0) is 41.6 Å². The summed E-state index contributed by atoms with van der Waals surface area (Å²) in [5.74, 6) is 1.15. The lowest BCUT2D eigenvalue weighted by Crippen LogP contribution is -2.24. The van der Waals surface area contributed by atoms with Crippen molar-refractivity contribution in [1.29, 1.82) is 0 Å². The molecular weight excluding hydrogens is 256 g/mol. The van der Waals surface area contributed by atoms with E-state index in [0.717, 1.165) is 22.5 Å². The zero-order chi connectivity index (χ0) is 13.8. The molecule has 0 bridgehead atoms. The predicted molar refractivity (Wildman–Crippen MR) is 82.3 cm³/mol. The highest BCUT2D eigenvalue weighted by molar-refractivity contribution is 7.11. The molecule has 19 heavy (non-hydrogen) atoms. The minimum Gasteiger partial charge on any atom is -0.382 e. The number of aromatic nitrogens is 2. The van der Waals surface area contributed by atoms with Crippen LogP contribution in [0.3, 0.4) is 0 Å². The number of nitrogens with zero attached hydrogens (tertiary/aromatic N) is 2. The van der Waals surface area contributed by atoms with Crippen molar-refractivity contribution in [3.05, 3.63) is 24.5 Å². The Balaban J connectivity index is 2.33. The molecular formula is C14H20N4S. The van der Waals surface area contributed by atoms with Crippen LogP contribution in [0.5, 0.6) is 0 Å². The molecule has 102 valence electrons. The van der Waals surface area contributed by atoms with Gasteiger partial charge in [-0.2, -0.15) is 4.37 Å². The first-order valence-electron chi connectivity index (χ1n) is 6.55. The highest BCUT2D eigenvalue weighted by Crippen LogP contribution is 2.37. The standard InChI is InChI=1S/C14H20N4S/c1-4-11(9(2)3)17-14-12(13(15)18-19-14)10-5-7-16-8-6-10/h5-9,11,17H,4H2,1-3H3,(H2,15,18). The molecule has 0 aromatic carbocycles. The number of hydrogen-bond acceptors (Lipinski definition) is 5. The summed E-state index contributed by atoms with van der Waals surface area (Å²) in [4.78, 5) is 4.04. The van der Waals surface area contributed by atoms with Crippen LogP contribution < -0.4 is 11.1 Å². The van der Waals surface area contributed by atoms with E-state index in [1.807, 2.05) is 12.1 Å². The third-order valence-electron chi connectivity index (χ3n) is 3.25. The Kier molecular flexibility index (Phi) is 4.37. The summed E-state index contributed by atoms with van der Waals surface area (Å²) in [6.07, 6.45) is 4.62. The molecule has 0 fully saturated rings. The number of hydrogen-bond donors (Lipinski definition) is 2. The van der Waals surface area contributed by atoms with Gasteiger partial charge in [0.05, 0.1) is 5.56 Å². The molecule has 0 saturated heterocycles. The van der Waals surface area contributed by atoms with Gasteiger partial charge in [0, 0.05) is 18.4 Å². The van der Waals surface area contributed by atoms with Gasteiger partial charge in [0.2, 0.25) is 0 Å². The number of nitrogens with two attached hydrogens (primary N) is 1. The molecule has 1 atom stereocenters. The SMILES string of the molecule is CCC(Nc1snc(N)c1-c1ccncc1)C(C)C. The van der Waals surface area contributed by atoms with Crippen molar-refractivity contribution in [2.24, 2.45) is 5.92 Å². The normalized spacial score (nSPS) is 12.6. The summed E-state index contributed by atoms with van der Waals surface area (Å²) >= 11 is 1.43. The van der Waals surface area contributed by atoms with E-state index in [0.29, 0.717) is 17.8 Å². The third-order valence-corrected chi connectivity index (χ3v) is 4.04. The van der Waals surface area contributed by atoms with Crippen molar-refractivity contribution >= 4 is 22.4 Å². The Labute approximate surface area is 118 Å². The van der Waals surface area contributed by atoms with Crippen LogP contribution in [0, 0.1) is 5.92 Å².